The Morgan fingerprint density at radius 1 is 1.39 bits per heavy atom. The van der Waals surface area contributed by atoms with Crippen molar-refractivity contribution in [1.82, 2.24) is 15.2 Å². The van der Waals surface area contributed by atoms with Gasteiger partial charge in [0.25, 0.3) is 0 Å². The Bertz CT molecular complexity index is 564. The van der Waals surface area contributed by atoms with E-state index in [1.54, 1.807) is 24.0 Å². The largest absolute Gasteiger partial charge is 0.384 e. The summed E-state index contributed by atoms with van der Waals surface area (Å²) in [6, 6.07) is 4.20. The topological polar surface area (TPSA) is 81.9 Å². The van der Waals surface area contributed by atoms with Gasteiger partial charge in [-0.05, 0) is 30.2 Å². The number of halogens is 1. The van der Waals surface area contributed by atoms with Crippen LogP contribution in [-0.2, 0) is 7.05 Å². The van der Waals surface area contributed by atoms with Crippen LogP contribution in [0.15, 0.2) is 24.4 Å². The molecule has 6 heteroatoms. The van der Waals surface area contributed by atoms with Crippen molar-refractivity contribution in [2.24, 2.45) is 12.9 Å². The minimum Gasteiger partial charge on any atom is -0.384 e. The van der Waals surface area contributed by atoms with Gasteiger partial charge in [0.2, 0.25) is 0 Å². The highest BCUT2D eigenvalue weighted by Crippen LogP contribution is 2.28. The van der Waals surface area contributed by atoms with Crippen molar-refractivity contribution in [3.63, 3.8) is 0 Å². The van der Waals surface area contributed by atoms with Gasteiger partial charge in [-0.25, -0.2) is 9.82 Å². The molecule has 0 fully saturated rings. The second-order valence-corrected chi connectivity index (χ2v) is 4.21. The van der Waals surface area contributed by atoms with Crippen LogP contribution >= 0.6 is 0 Å². The summed E-state index contributed by atoms with van der Waals surface area (Å²) in [7, 11) is 1.74. The van der Waals surface area contributed by atoms with Crippen molar-refractivity contribution in [1.29, 1.82) is 0 Å². The first kappa shape index (κ1) is 12.5. The smallest absolute Gasteiger partial charge is 0.126 e. The molecule has 0 amide bonds. The van der Waals surface area contributed by atoms with E-state index in [1.807, 2.05) is 6.92 Å². The lowest BCUT2D eigenvalue weighted by molar-refractivity contribution is 0.603. The first-order valence-corrected chi connectivity index (χ1v) is 5.54. The third kappa shape index (κ3) is 2.07. The number of hydrazine groups is 1. The SMILES string of the molecule is Cc1ccc(F)cc1C(NN)c1cnn(C)c1N. The van der Waals surface area contributed by atoms with E-state index in [2.05, 4.69) is 10.5 Å². The van der Waals surface area contributed by atoms with Gasteiger partial charge in [0.05, 0.1) is 12.2 Å². The summed E-state index contributed by atoms with van der Waals surface area (Å²) in [6.07, 6.45) is 1.63. The fourth-order valence-corrected chi connectivity index (χ4v) is 1.96. The van der Waals surface area contributed by atoms with Crippen molar-refractivity contribution >= 4 is 5.82 Å². The maximum Gasteiger partial charge on any atom is 0.126 e. The number of hydrogen-bond acceptors (Lipinski definition) is 4. The number of nitrogens with two attached hydrogens (primary N) is 2. The van der Waals surface area contributed by atoms with Crippen LogP contribution in [0.1, 0.15) is 22.7 Å². The van der Waals surface area contributed by atoms with Gasteiger partial charge in [0.1, 0.15) is 11.6 Å². The molecule has 0 saturated heterocycles. The lowest BCUT2D eigenvalue weighted by Gasteiger charge is -2.18. The number of nitrogens with one attached hydrogen (secondary N) is 1. The predicted molar refractivity (Wildman–Crippen MR) is 67.9 cm³/mol. The Hall–Kier alpha value is -1.92. The molecule has 0 saturated carbocycles. The molecule has 0 aliphatic heterocycles. The summed E-state index contributed by atoms with van der Waals surface area (Å²) < 4.78 is 14.9. The monoisotopic (exact) mass is 249 g/mol. The molecule has 0 bridgehead atoms. The third-order valence-electron chi connectivity index (χ3n) is 3.04. The Morgan fingerprint density at radius 2 is 2.11 bits per heavy atom. The molecule has 0 aliphatic carbocycles. The van der Waals surface area contributed by atoms with Gasteiger partial charge in [-0.2, -0.15) is 5.10 Å². The van der Waals surface area contributed by atoms with Crippen LogP contribution < -0.4 is 17.0 Å². The van der Waals surface area contributed by atoms with E-state index in [0.717, 1.165) is 16.7 Å². The van der Waals surface area contributed by atoms with Crippen LogP contribution in [0.2, 0.25) is 0 Å². The summed E-state index contributed by atoms with van der Waals surface area (Å²) in [6.45, 7) is 1.89. The van der Waals surface area contributed by atoms with Gasteiger partial charge in [-0.1, -0.05) is 6.07 Å². The quantitative estimate of drug-likeness (QED) is 0.560. The molecule has 1 aromatic heterocycles. The molecule has 1 aromatic carbocycles. The lowest BCUT2D eigenvalue weighted by atomic mass is 9.97. The molecule has 1 unspecified atom stereocenters. The predicted octanol–water partition coefficient (Wildman–Crippen LogP) is 1.00. The van der Waals surface area contributed by atoms with Crippen molar-refractivity contribution in [3.05, 3.63) is 46.9 Å². The van der Waals surface area contributed by atoms with E-state index in [0.29, 0.717) is 5.82 Å². The maximum atomic E-state index is 13.3. The van der Waals surface area contributed by atoms with Gasteiger partial charge in [-0.15, -0.1) is 0 Å². The molecule has 0 aliphatic rings. The summed E-state index contributed by atoms with van der Waals surface area (Å²) >= 11 is 0. The molecule has 18 heavy (non-hydrogen) atoms. The lowest BCUT2D eigenvalue weighted by Crippen LogP contribution is -2.30. The van der Waals surface area contributed by atoms with Gasteiger partial charge in [-0.3, -0.25) is 10.5 Å². The Labute approximate surface area is 105 Å². The zero-order valence-corrected chi connectivity index (χ0v) is 10.3. The second-order valence-electron chi connectivity index (χ2n) is 4.21. The Balaban J connectivity index is 2.51. The molecule has 5 nitrogen and oxygen atoms in total. The van der Waals surface area contributed by atoms with Crippen LogP contribution in [0.5, 0.6) is 0 Å². The first-order chi connectivity index (χ1) is 8.54. The third-order valence-corrected chi connectivity index (χ3v) is 3.04. The molecular weight excluding hydrogens is 233 g/mol. The van der Waals surface area contributed by atoms with Gasteiger partial charge in [0, 0.05) is 12.6 Å². The van der Waals surface area contributed by atoms with Crippen LogP contribution in [-0.4, -0.2) is 9.78 Å². The highest BCUT2D eigenvalue weighted by Gasteiger charge is 2.20. The molecule has 1 heterocycles. The van der Waals surface area contributed by atoms with Gasteiger partial charge < -0.3 is 5.73 Å². The number of nitrogen functional groups attached to an aromatic ring is 1. The van der Waals surface area contributed by atoms with E-state index >= 15 is 0 Å². The molecule has 96 valence electrons. The van der Waals surface area contributed by atoms with Crippen molar-refractivity contribution in [2.75, 3.05) is 5.73 Å². The highest BCUT2D eigenvalue weighted by atomic mass is 19.1. The van der Waals surface area contributed by atoms with Crippen LogP contribution in [0.3, 0.4) is 0 Å². The molecule has 2 aromatic rings. The van der Waals surface area contributed by atoms with E-state index in [9.17, 15) is 4.39 Å². The van der Waals surface area contributed by atoms with Crippen molar-refractivity contribution < 1.29 is 4.39 Å². The number of aromatic nitrogens is 2. The average molecular weight is 249 g/mol. The zero-order chi connectivity index (χ0) is 13.3. The zero-order valence-electron chi connectivity index (χ0n) is 10.3. The normalized spacial score (nSPS) is 12.7. The number of benzene rings is 1. The molecule has 5 N–H and O–H groups in total. The van der Waals surface area contributed by atoms with Gasteiger partial charge in [0.15, 0.2) is 0 Å². The fourth-order valence-electron chi connectivity index (χ4n) is 1.96. The molecular formula is C12H16FN5. The van der Waals surface area contributed by atoms with E-state index in [1.165, 1.54) is 12.1 Å². The Morgan fingerprint density at radius 3 is 2.67 bits per heavy atom. The van der Waals surface area contributed by atoms with Crippen LogP contribution in [0.25, 0.3) is 0 Å². The summed E-state index contributed by atoms with van der Waals surface area (Å²) in [5, 5.41) is 4.06. The molecule has 2 rings (SSSR count). The number of aryl methyl sites for hydroxylation is 2. The average Bonchev–Trinajstić information content (AvgIpc) is 2.67. The molecule has 0 radical (unpaired) electrons. The van der Waals surface area contributed by atoms with Crippen LogP contribution in [0.4, 0.5) is 10.2 Å². The Kier molecular flexibility index (Phi) is 3.31. The van der Waals surface area contributed by atoms with Gasteiger partial charge >= 0.3 is 0 Å². The summed E-state index contributed by atoms with van der Waals surface area (Å²) in [5.74, 6) is 5.76. The summed E-state index contributed by atoms with van der Waals surface area (Å²) in [5.41, 5.74) is 11.0. The van der Waals surface area contributed by atoms with Crippen LogP contribution in [0, 0.1) is 12.7 Å². The van der Waals surface area contributed by atoms with Crippen molar-refractivity contribution in [2.45, 2.75) is 13.0 Å². The summed E-state index contributed by atoms with van der Waals surface area (Å²) in [4.78, 5) is 0. The molecule has 0 spiro atoms. The minimum atomic E-state index is -0.380. The minimum absolute atomic E-state index is 0.307. The van der Waals surface area contributed by atoms with E-state index < -0.39 is 0 Å². The second kappa shape index (κ2) is 4.75. The number of rotatable bonds is 3. The van der Waals surface area contributed by atoms with Crippen molar-refractivity contribution in [3.8, 4) is 0 Å². The number of nitrogens with zero attached hydrogens (tertiary/aromatic N) is 2. The first-order valence-electron chi connectivity index (χ1n) is 5.54. The number of hydrogen-bond donors (Lipinski definition) is 3. The number of anilines is 1. The standard InChI is InChI=1S/C12H16FN5/c1-7-3-4-8(13)5-9(7)11(17-15)10-6-16-18(2)12(10)14/h3-6,11,17H,14-15H2,1-2H3. The highest BCUT2D eigenvalue weighted by molar-refractivity contribution is 5.47. The van der Waals surface area contributed by atoms with E-state index in [-0.39, 0.29) is 11.9 Å². The molecule has 1 atom stereocenters. The fraction of sp³-hybridized carbons (Fsp3) is 0.250. The maximum absolute atomic E-state index is 13.3. The van der Waals surface area contributed by atoms with E-state index in [4.69, 9.17) is 11.6 Å².